The number of nitrogens with zero attached hydrogens (tertiary/aromatic N) is 1. The minimum absolute atomic E-state index is 0.0260. The maximum absolute atomic E-state index is 10.9. The van der Waals surface area contributed by atoms with Gasteiger partial charge in [0.05, 0.1) is 4.87 Å². The van der Waals surface area contributed by atoms with E-state index in [4.69, 9.17) is 5.11 Å². The van der Waals surface area contributed by atoms with Gasteiger partial charge in [0.2, 0.25) is 0 Å². The average molecular weight is 230 g/mol. The van der Waals surface area contributed by atoms with Gasteiger partial charge in [-0.25, -0.2) is 0 Å². The van der Waals surface area contributed by atoms with Crippen LogP contribution in [-0.2, 0) is 4.79 Å². The molecule has 0 saturated carbocycles. The van der Waals surface area contributed by atoms with Crippen LogP contribution in [0.4, 0.5) is 0 Å². The molecule has 86 valence electrons. The van der Waals surface area contributed by atoms with E-state index >= 15 is 0 Å². The van der Waals surface area contributed by atoms with E-state index in [1.807, 2.05) is 0 Å². The second-order valence-corrected chi connectivity index (χ2v) is 5.77. The molecule has 0 aromatic rings. The molecule has 2 rings (SSSR count). The lowest BCUT2D eigenvalue weighted by atomic mass is 10.2. The molecule has 2 atom stereocenters. The molecular formula is C10H18N2O2S. The van der Waals surface area contributed by atoms with Crippen molar-refractivity contribution in [1.82, 2.24) is 10.2 Å². The summed E-state index contributed by atoms with van der Waals surface area (Å²) in [6.07, 6.45) is 2.24. The molecule has 0 amide bonds. The number of carboxylic acid groups (broad SMARTS) is 1. The molecule has 5 heteroatoms. The molecule has 2 N–H and O–H groups in total. The van der Waals surface area contributed by atoms with E-state index < -0.39 is 5.97 Å². The number of carbonyl (C=O) groups is 1. The van der Waals surface area contributed by atoms with Gasteiger partial charge in [0.1, 0.15) is 6.04 Å². The summed E-state index contributed by atoms with van der Waals surface area (Å²) in [6, 6.07) is -0.350. The fourth-order valence-corrected chi connectivity index (χ4v) is 3.82. The van der Waals surface area contributed by atoms with E-state index in [2.05, 4.69) is 17.1 Å². The van der Waals surface area contributed by atoms with E-state index in [0.717, 1.165) is 26.1 Å². The molecule has 2 aliphatic heterocycles. The van der Waals surface area contributed by atoms with Crippen molar-refractivity contribution >= 4 is 17.7 Å². The van der Waals surface area contributed by atoms with Gasteiger partial charge in [0.25, 0.3) is 0 Å². The number of rotatable bonds is 3. The fourth-order valence-electron chi connectivity index (χ4n) is 2.38. The molecule has 2 unspecified atom stereocenters. The summed E-state index contributed by atoms with van der Waals surface area (Å²) in [7, 11) is 0. The van der Waals surface area contributed by atoms with Gasteiger partial charge in [-0.15, -0.1) is 11.8 Å². The van der Waals surface area contributed by atoms with Gasteiger partial charge in [0, 0.05) is 18.8 Å². The van der Waals surface area contributed by atoms with Gasteiger partial charge in [-0.3, -0.25) is 10.1 Å². The molecule has 0 bridgehead atoms. The van der Waals surface area contributed by atoms with E-state index in [9.17, 15) is 4.79 Å². The lowest BCUT2D eigenvalue weighted by Gasteiger charge is -2.24. The Hall–Kier alpha value is -0.260. The van der Waals surface area contributed by atoms with Crippen LogP contribution in [0.15, 0.2) is 0 Å². The molecule has 2 heterocycles. The summed E-state index contributed by atoms with van der Waals surface area (Å²) in [4.78, 5) is 13.3. The highest BCUT2D eigenvalue weighted by atomic mass is 32.2. The van der Waals surface area contributed by atoms with Gasteiger partial charge in [-0.1, -0.05) is 6.92 Å². The fraction of sp³-hybridized carbons (Fsp3) is 0.900. The van der Waals surface area contributed by atoms with E-state index in [1.165, 1.54) is 6.42 Å². The summed E-state index contributed by atoms with van der Waals surface area (Å²) in [5.74, 6) is -0.0109. The first-order valence-electron chi connectivity index (χ1n) is 5.52. The molecule has 0 radical (unpaired) electrons. The Kier molecular flexibility index (Phi) is 3.23. The Labute approximate surface area is 94.4 Å². The Bertz CT molecular complexity index is 262. The van der Waals surface area contributed by atoms with Crippen LogP contribution >= 0.6 is 11.8 Å². The van der Waals surface area contributed by atoms with E-state index in [-0.39, 0.29) is 10.9 Å². The molecule has 15 heavy (non-hydrogen) atoms. The van der Waals surface area contributed by atoms with Crippen molar-refractivity contribution in [2.45, 2.75) is 30.7 Å². The molecule has 0 aromatic carbocycles. The number of aliphatic carboxylic acids is 1. The molecule has 2 aliphatic rings. The van der Waals surface area contributed by atoms with Crippen LogP contribution < -0.4 is 5.32 Å². The summed E-state index contributed by atoms with van der Waals surface area (Å²) >= 11 is 1.78. The second-order valence-electron chi connectivity index (χ2n) is 4.37. The number of likely N-dealkylation sites (tertiary alicyclic amines) is 1. The zero-order chi connectivity index (χ0) is 10.9. The molecule has 0 aliphatic carbocycles. The van der Waals surface area contributed by atoms with Crippen molar-refractivity contribution in [3.8, 4) is 0 Å². The maximum atomic E-state index is 10.9. The number of thioether (sulfide) groups is 1. The SMILES string of the molecule is CCCN1CCC2(C1)NC(C(=O)O)CS2. The third-order valence-electron chi connectivity index (χ3n) is 3.11. The van der Waals surface area contributed by atoms with Gasteiger partial charge < -0.3 is 10.0 Å². The minimum Gasteiger partial charge on any atom is -0.480 e. The molecule has 0 aromatic heterocycles. The van der Waals surface area contributed by atoms with Crippen molar-refractivity contribution in [2.75, 3.05) is 25.4 Å². The maximum Gasteiger partial charge on any atom is 0.321 e. The van der Waals surface area contributed by atoms with Crippen LogP contribution in [-0.4, -0.2) is 52.3 Å². The largest absolute Gasteiger partial charge is 0.480 e. The number of hydrogen-bond acceptors (Lipinski definition) is 4. The number of hydrogen-bond donors (Lipinski definition) is 2. The predicted molar refractivity (Wildman–Crippen MR) is 61.1 cm³/mol. The lowest BCUT2D eigenvalue weighted by Crippen LogP contribution is -2.46. The zero-order valence-corrected chi connectivity index (χ0v) is 9.85. The number of carboxylic acids is 1. The normalized spacial score (nSPS) is 36.5. The van der Waals surface area contributed by atoms with Gasteiger partial charge in [-0.05, 0) is 19.4 Å². The third-order valence-corrected chi connectivity index (χ3v) is 4.62. The second kappa shape index (κ2) is 4.31. The zero-order valence-electron chi connectivity index (χ0n) is 9.03. The van der Waals surface area contributed by atoms with Crippen molar-refractivity contribution in [3.05, 3.63) is 0 Å². The summed E-state index contributed by atoms with van der Waals surface area (Å²) in [5, 5.41) is 12.2. The van der Waals surface area contributed by atoms with Crippen LogP contribution in [0.3, 0.4) is 0 Å². The Balaban J connectivity index is 1.92. The van der Waals surface area contributed by atoms with Crippen LogP contribution in [0.25, 0.3) is 0 Å². The highest BCUT2D eigenvalue weighted by molar-refractivity contribution is 8.01. The van der Waals surface area contributed by atoms with E-state index in [1.54, 1.807) is 11.8 Å². The van der Waals surface area contributed by atoms with Crippen LogP contribution in [0.2, 0.25) is 0 Å². The van der Waals surface area contributed by atoms with Gasteiger partial charge in [0.15, 0.2) is 0 Å². The summed E-state index contributed by atoms with van der Waals surface area (Å²) in [6.45, 7) is 5.40. The standard InChI is InChI=1S/C10H18N2O2S/c1-2-4-12-5-3-10(7-12)11-8(6-15-10)9(13)14/h8,11H,2-7H2,1H3,(H,13,14). The molecule has 1 spiro atoms. The quantitative estimate of drug-likeness (QED) is 0.743. The molecule has 2 fully saturated rings. The molecular weight excluding hydrogens is 212 g/mol. The minimum atomic E-state index is -0.715. The lowest BCUT2D eigenvalue weighted by molar-refractivity contribution is -0.138. The highest BCUT2D eigenvalue weighted by Crippen LogP contribution is 2.38. The van der Waals surface area contributed by atoms with Crippen molar-refractivity contribution in [2.24, 2.45) is 0 Å². The predicted octanol–water partition coefficient (Wildman–Crippen LogP) is 0.588. The monoisotopic (exact) mass is 230 g/mol. The van der Waals surface area contributed by atoms with E-state index in [0.29, 0.717) is 5.75 Å². The topological polar surface area (TPSA) is 52.6 Å². The Morgan fingerprint density at radius 2 is 2.53 bits per heavy atom. The third kappa shape index (κ3) is 2.29. The first-order chi connectivity index (χ1) is 7.15. The first kappa shape index (κ1) is 11.2. The van der Waals surface area contributed by atoms with Crippen LogP contribution in [0, 0.1) is 0 Å². The molecule has 4 nitrogen and oxygen atoms in total. The van der Waals surface area contributed by atoms with Crippen molar-refractivity contribution < 1.29 is 9.90 Å². The summed E-state index contributed by atoms with van der Waals surface area (Å²) in [5.41, 5.74) is 0. The van der Waals surface area contributed by atoms with Crippen LogP contribution in [0.5, 0.6) is 0 Å². The van der Waals surface area contributed by atoms with Crippen molar-refractivity contribution in [3.63, 3.8) is 0 Å². The highest BCUT2D eigenvalue weighted by Gasteiger charge is 2.46. The van der Waals surface area contributed by atoms with Crippen molar-refractivity contribution in [1.29, 1.82) is 0 Å². The average Bonchev–Trinajstić information content (AvgIpc) is 2.76. The van der Waals surface area contributed by atoms with Crippen LogP contribution in [0.1, 0.15) is 19.8 Å². The Morgan fingerprint density at radius 3 is 3.13 bits per heavy atom. The van der Waals surface area contributed by atoms with Gasteiger partial charge >= 0.3 is 5.97 Å². The Morgan fingerprint density at radius 1 is 1.73 bits per heavy atom. The molecule has 2 saturated heterocycles. The smallest absolute Gasteiger partial charge is 0.321 e. The summed E-state index contributed by atoms with van der Waals surface area (Å²) < 4.78 is 0. The van der Waals surface area contributed by atoms with Gasteiger partial charge in [-0.2, -0.15) is 0 Å². The number of nitrogens with one attached hydrogen (secondary N) is 1. The first-order valence-corrected chi connectivity index (χ1v) is 6.50.